The average Bonchev–Trinajstić information content (AvgIpc) is 2.83. The Morgan fingerprint density at radius 2 is 0.892 bits per heavy atom. The van der Waals surface area contributed by atoms with Gasteiger partial charge >= 0.3 is 24.2 Å². The van der Waals surface area contributed by atoms with Crippen LogP contribution >= 0.6 is 0 Å². The number of benzene rings is 2. The van der Waals surface area contributed by atoms with Crippen LogP contribution in [0.25, 0.3) is 0 Å². The lowest BCUT2D eigenvalue weighted by Crippen LogP contribution is -2.14. The van der Waals surface area contributed by atoms with Crippen LogP contribution in [0, 0.1) is 27.7 Å². The maximum Gasteiger partial charge on any atom is 0.543 e. The molecule has 200 valence electrons. The van der Waals surface area contributed by atoms with Crippen molar-refractivity contribution in [1.82, 2.24) is 0 Å². The van der Waals surface area contributed by atoms with Crippen molar-refractivity contribution >= 4 is 24.2 Å². The maximum atomic E-state index is 12.0. The van der Waals surface area contributed by atoms with E-state index in [-0.39, 0.29) is 13.2 Å². The van der Waals surface area contributed by atoms with E-state index in [0.29, 0.717) is 52.6 Å². The normalized spacial score (nSPS) is 10.3. The van der Waals surface area contributed by atoms with Crippen molar-refractivity contribution in [3.8, 4) is 0 Å². The number of carbonyl (C=O) groups excluding carboxylic acids is 4. The fraction of sp³-hybridized carbons (Fsp3) is 0.360. The Labute approximate surface area is 213 Å². The molecule has 2 rings (SSSR count). The van der Waals surface area contributed by atoms with E-state index in [1.807, 2.05) is 0 Å². The van der Waals surface area contributed by atoms with Crippen molar-refractivity contribution in [3.05, 3.63) is 69.8 Å². The van der Waals surface area contributed by atoms with Gasteiger partial charge in [0.2, 0.25) is 0 Å². The predicted molar refractivity (Wildman–Crippen MR) is 124 cm³/mol. The number of ether oxygens (including phenoxy) is 2. The molecule has 2 aromatic carbocycles. The molecule has 2 aromatic rings. The molecule has 12 nitrogen and oxygen atoms in total. The van der Waals surface area contributed by atoms with E-state index in [4.69, 9.17) is 9.47 Å². The number of aryl methyl sites for hydroxylation is 4. The predicted octanol–water partition coefficient (Wildman–Crippen LogP) is 5.10. The summed E-state index contributed by atoms with van der Waals surface area (Å²) in [6.45, 7) is 6.87. The van der Waals surface area contributed by atoms with Crippen LogP contribution in [0.15, 0.2) is 36.4 Å². The number of carbonyl (C=O) groups is 4. The molecule has 0 amide bonds. The first-order valence-electron chi connectivity index (χ1n) is 11.3. The molecule has 0 N–H and O–H groups in total. The summed E-state index contributed by atoms with van der Waals surface area (Å²) in [6.07, 6.45) is -1.03. The van der Waals surface area contributed by atoms with Crippen LogP contribution in [-0.2, 0) is 39.1 Å². The van der Waals surface area contributed by atoms with Gasteiger partial charge in [0.05, 0.1) is 34.4 Å². The SMILES string of the molecule is Cc1cccc(C)c1C(=O)OOOC(=O)OCCCCCOC(=O)OOOC(=O)c1c(C)cccc1C. The smallest absolute Gasteiger partial charge is 0.432 e. The van der Waals surface area contributed by atoms with Crippen LogP contribution in [0.4, 0.5) is 9.59 Å². The number of unbranched alkanes of at least 4 members (excludes halogenated alkanes) is 2. The highest BCUT2D eigenvalue weighted by molar-refractivity contribution is 5.92. The average molecular weight is 520 g/mol. The molecule has 12 heteroatoms. The monoisotopic (exact) mass is 520 g/mol. The molecule has 37 heavy (non-hydrogen) atoms. The lowest BCUT2D eigenvalue weighted by molar-refractivity contribution is -0.452. The Kier molecular flexibility index (Phi) is 11.8. The number of hydrogen-bond acceptors (Lipinski definition) is 12. The second-order valence-corrected chi connectivity index (χ2v) is 7.84. The number of rotatable bonds is 12. The van der Waals surface area contributed by atoms with Gasteiger partial charge < -0.3 is 9.47 Å². The summed E-state index contributed by atoms with van der Waals surface area (Å²) in [6, 6.07) is 10.5. The summed E-state index contributed by atoms with van der Waals surface area (Å²) in [7, 11) is 0. The van der Waals surface area contributed by atoms with Gasteiger partial charge in [-0.1, -0.05) is 36.4 Å². The Bertz CT molecular complexity index is 969. The Balaban J connectivity index is 1.48. The van der Waals surface area contributed by atoms with Gasteiger partial charge in [-0.15, -0.1) is 0 Å². The minimum absolute atomic E-state index is 0.0190. The molecule has 0 aliphatic heterocycles. The molecule has 0 unspecified atom stereocenters. The molecule has 0 spiro atoms. The topological polar surface area (TPSA) is 142 Å². The first-order chi connectivity index (χ1) is 17.7. The Morgan fingerprint density at radius 3 is 1.24 bits per heavy atom. The minimum Gasteiger partial charge on any atom is -0.432 e. The van der Waals surface area contributed by atoms with Crippen molar-refractivity contribution < 1.29 is 58.3 Å². The van der Waals surface area contributed by atoms with Gasteiger partial charge in [-0.3, -0.25) is 9.78 Å². The second-order valence-electron chi connectivity index (χ2n) is 7.84. The molecular weight excluding hydrogens is 492 g/mol. The molecule has 0 bridgehead atoms. The molecule has 0 aliphatic carbocycles. The fourth-order valence-corrected chi connectivity index (χ4v) is 3.25. The second kappa shape index (κ2) is 15.1. The molecule has 0 fully saturated rings. The van der Waals surface area contributed by atoms with Crippen molar-refractivity contribution in [2.45, 2.75) is 47.0 Å². The van der Waals surface area contributed by atoms with Crippen molar-refractivity contribution in [2.24, 2.45) is 0 Å². The first kappa shape index (κ1) is 29.1. The standard InChI is InChI=1S/C25H28O12/c1-16-10-8-11-17(2)20(16)22(26)32-36-34-24(28)30-14-6-5-7-15-31-25(29)35-37-33-23(27)21-18(3)12-9-13-19(21)4/h8-13H,5-7,14-15H2,1-4H3. The molecule has 0 heterocycles. The molecule has 0 atom stereocenters. The van der Waals surface area contributed by atoms with E-state index in [9.17, 15) is 19.2 Å². The Morgan fingerprint density at radius 1 is 0.541 bits per heavy atom. The minimum atomic E-state index is -1.19. The zero-order chi connectivity index (χ0) is 27.2. The van der Waals surface area contributed by atoms with Crippen LogP contribution in [0.2, 0.25) is 0 Å². The molecule has 0 aromatic heterocycles. The summed E-state index contributed by atoms with van der Waals surface area (Å²) < 4.78 is 9.51. The zero-order valence-electron chi connectivity index (χ0n) is 20.9. The maximum absolute atomic E-state index is 12.0. The highest BCUT2D eigenvalue weighted by Crippen LogP contribution is 2.16. The van der Waals surface area contributed by atoms with Crippen LogP contribution < -0.4 is 0 Å². The van der Waals surface area contributed by atoms with E-state index in [0.717, 1.165) is 0 Å². The molecule has 0 saturated heterocycles. The quantitative estimate of drug-likeness (QED) is 0.159. The van der Waals surface area contributed by atoms with Gasteiger partial charge in [0.25, 0.3) is 0 Å². The van der Waals surface area contributed by atoms with Gasteiger partial charge in [-0.2, -0.15) is 0 Å². The summed E-state index contributed by atoms with van der Waals surface area (Å²) >= 11 is 0. The molecular formula is C25H28O12. The largest absolute Gasteiger partial charge is 0.543 e. The third kappa shape index (κ3) is 9.78. The van der Waals surface area contributed by atoms with Crippen molar-refractivity contribution in [1.29, 1.82) is 0 Å². The Hall–Kier alpha value is -4.16. The van der Waals surface area contributed by atoms with E-state index < -0.39 is 24.2 Å². The third-order valence-corrected chi connectivity index (χ3v) is 5.02. The molecule has 0 aliphatic rings. The van der Waals surface area contributed by atoms with Crippen LogP contribution in [0.5, 0.6) is 0 Å². The van der Waals surface area contributed by atoms with E-state index in [1.165, 1.54) is 0 Å². The summed E-state index contributed by atoms with van der Waals surface area (Å²) in [5.41, 5.74) is 3.32. The summed E-state index contributed by atoms with van der Waals surface area (Å²) in [5.74, 6) is -1.63. The zero-order valence-corrected chi connectivity index (χ0v) is 20.9. The highest BCUT2D eigenvalue weighted by Gasteiger charge is 2.17. The van der Waals surface area contributed by atoms with Gasteiger partial charge in [-0.05, 0) is 69.2 Å². The summed E-state index contributed by atoms with van der Waals surface area (Å²) in [5, 5.41) is 8.38. The van der Waals surface area contributed by atoms with Gasteiger partial charge in [0, 0.05) is 0 Å². The van der Waals surface area contributed by atoms with Crippen molar-refractivity contribution in [3.63, 3.8) is 0 Å². The van der Waals surface area contributed by atoms with E-state index in [2.05, 4.69) is 29.6 Å². The molecule has 0 saturated carbocycles. The first-order valence-corrected chi connectivity index (χ1v) is 11.3. The third-order valence-electron chi connectivity index (χ3n) is 5.02. The lowest BCUT2D eigenvalue weighted by atomic mass is 10.0. The fourth-order valence-electron chi connectivity index (χ4n) is 3.25. The van der Waals surface area contributed by atoms with Crippen LogP contribution in [0.3, 0.4) is 0 Å². The summed E-state index contributed by atoms with van der Waals surface area (Å²) in [4.78, 5) is 64.3. The number of hydrogen-bond donors (Lipinski definition) is 0. The van der Waals surface area contributed by atoms with E-state index in [1.54, 1.807) is 64.1 Å². The van der Waals surface area contributed by atoms with Crippen LogP contribution in [0.1, 0.15) is 62.2 Å². The lowest BCUT2D eigenvalue weighted by Gasteiger charge is -2.08. The van der Waals surface area contributed by atoms with Crippen LogP contribution in [-0.4, -0.2) is 37.5 Å². The highest BCUT2D eigenvalue weighted by atomic mass is 17.5. The van der Waals surface area contributed by atoms with Gasteiger partial charge in [0.15, 0.2) is 0 Å². The van der Waals surface area contributed by atoms with Crippen molar-refractivity contribution in [2.75, 3.05) is 13.2 Å². The van der Waals surface area contributed by atoms with Gasteiger partial charge in [0.1, 0.15) is 0 Å². The van der Waals surface area contributed by atoms with E-state index >= 15 is 0 Å². The molecule has 0 radical (unpaired) electrons. The van der Waals surface area contributed by atoms with Gasteiger partial charge in [-0.25, -0.2) is 29.0 Å².